The van der Waals surface area contributed by atoms with Gasteiger partial charge in [-0.25, -0.2) is 4.79 Å². The Bertz CT molecular complexity index is 1030. The molecular weight excluding hydrogens is 438 g/mol. The van der Waals surface area contributed by atoms with E-state index < -0.39 is 12.1 Å². The third-order valence-corrected chi connectivity index (χ3v) is 5.95. The molecule has 0 spiro atoms. The van der Waals surface area contributed by atoms with E-state index in [1.807, 2.05) is 12.1 Å². The number of carbonyl (C=O) groups excluding carboxylic acids is 1. The molecule has 1 amide bonds. The lowest BCUT2D eigenvalue weighted by atomic mass is 10.1. The van der Waals surface area contributed by atoms with Gasteiger partial charge in [0.05, 0.1) is 12.0 Å². The topological polar surface area (TPSA) is 96.3 Å². The molecule has 2 aromatic carbocycles. The number of nitrogens with zero attached hydrogens (tertiary/aromatic N) is 1. The van der Waals surface area contributed by atoms with Crippen LogP contribution in [-0.4, -0.2) is 51.1 Å². The van der Waals surface area contributed by atoms with Crippen LogP contribution in [0.1, 0.15) is 18.1 Å². The number of thioether (sulfide) groups is 1. The molecule has 0 aromatic heterocycles. The molecule has 0 radical (unpaired) electrons. The number of carboxylic acid groups (broad SMARTS) is 1. The van der Waals surface area contributed by atoms with E-state index in [2.05, 4.69) is 0 Å². The lowest BCUT2D eigenvalue weighted by molar-refractivity contribution is -0.144. The molecule has 0 saturated carbocycles. The third-order valence-electron chi connectivity index (χ3n) is 4.57. The summed E-state index contributed by atoms with van der Waals surface area (Å²) in [7, 11) is 1.46. The van der Waals surface area contributed by atoms with Gasteiger partial charge in [-0.1, -0.05) is 42.2 Å². The lowest BCUT2D eigenvalue weighted by Gasteiger charge is -2.14. The number of carbonyl (C=O) groups is 2. The Balaban J connectivity index is 1.72. The summed E-state index contributed by atoms with van der Waals surface area (Å²) < 4.78 is 11.2. The summed E-state index contributed by atoms with van der Waals surface area (Å²) in [6.07, 6.45) is 1.30. The minimum absolute atomic E-state index is 0.174. The van der Waals surface area contributed by atoms with Gasteiger partial charge >= 0.3 is 5.97 Å². The van der Waals surface area contributed by atoms with Crippen LogP contribution in [0.2, 0.25) is 0 Å². The highest BCUT2D eigenvalue weighted by Crippen LogP contribution is 2.35. The highest BCUT2D eigenvalue weighted by atomic mass is 32.2. The number of amides is 1. The maximum Gasteiger partial charge on any atom is 0.344 e. The second-order valence-corrected chi connectivity index (χ2v) is 8.43. The number of methoxy groups -OCH3 is 1. The van der Waals surface area contributed by atoms with Gasteiger partial charge in [0.2, 0.25) is 0 Å². The Morgan fingerprint density at radius 1 is 1.23 bits per heavy atom. The van der Waals surface area contributed by atoms with E-state index in [0.717, 1.165) is 5.56 Å². The van der Waals surface area contributed by atoms with Crippen molar-refractivity contribution in [1.82, 2.24) is 4.90 Å². The van der Waals surface area contributed by atoms with Crippen LogP contribution in [-0.2, 0) is 16.0 Å². The predicted molar refractivity (Wildman–Crippen MR) is 122 cm³/mol. The molecule has 0 aliphatic carbocycles. The van der Waals surface area contributed by atoms with Crippen molar-refractivity contribution in [3.8, 4) is 17.2 Å². The molecule has 1 fully saturated rings. The van der Waals surface area contributed by atoms with Crippen molar-refractivity contribution >= 4 is 46.3 Å². The van der Waals surface area contributed by atoms with E-state index in [-0.39, 0.29) is 11.7 Å². The number of phenols is 1. The highest BCUT2D eigenvalue weighted by molar-refractivity contribution is 8.26. The quantitative estimate of drug-likeness (QED) is 0.456. The molecule has 7 nitrogen and oxygen atoms in total. The Morgan fingerprint density at radius 3 is 2.58 bits per heavy atom. The van der Waals surface area contributed by atoms with E-state index in [0.29, 0.717) is 39.3 Å². The number of aromatic hydroxyl groups is 1. The van der Waals surface area contributed by atoms with Crippen LogP contribution in [0.25, 0.3) is 6.08 Å². The van der Waals surface area contributed by atoms with Gasteiger partial charge in [-0.3, -0.25) is 9.69 Å². The number of ether oxygens (including phenoxy) is 2. The molecule has 1 atom stereocenters. The van der Waals surface area contributed by atoms with E-state index in [9.17, 15) is 14.7 Å². The summed E-state index contributed by atoms with van der Waals surface area (Å²) in [4.78, 5) is 25.9. The van der Waals surface area contributed by atoms with Crippen LogP contribution < -0.4 is 9.47 Å². The van der Waals surface area contributed by atoms with Crippen molar-refractivity contribution in [3.63, 3.8) is 0 Å². The molecule has 31 heavy (non-hydrogen) atoms. The van der Waals surface area contributed by atoms with E-state index >= 15 is 0 Å². The smallest absolute Gasteiger partial charge is 0.344 e. The minimum Gasteiger partial charge on any atom is -0.508 e. The van der Waals surface area contributed by atoms with Gasteiger partial charge in [0.25, 0.3) is 5.91 Å². The number of benzene rings is 2. The largest absolute Gasteiger partial charge is 0.508 e. The standard InChI is InChI=1S/C22H21NO6S2/c1-13(21(26)27)29-17-8-5-15(11-18(17)28-2)12-19-20(25)23(22(30)31-19)10-9-14-3-6-16(24)7-4-14/h3-8,11-13,24H,9-10H2,1-2H3,(H,26,27)/b19-12+. The maximum absolute atomic E-state index is 12.8. The zero-order valence-electron chi connectivity index (χ0n) is 16.9. The molecule has 1 saturated heterocycles. The number of hydrogen-bond donors (Lipinski definition) is 2. The average molecular weight is 460 g/mol. The molecule has 2 N–H and O–H groups in total. The molecule has 3 rings (SSSR count). The average Bonchev–Trinajstić information content (AvgIpc) is 3.01. The maximum atomic E-state index is 12.8. The van der Waals surface area contributed by atoms with Crippen molar-refractivity contribution in [2.75, 3.05) is 13.7 Å². The third kappa shape index (κ3) is 5.56. The van der Waals surface area contributed by atoms with Crippen molar-refractivity contribution < 1.29 is 29.3 Å². The zero-order chi connectivity index (χ0) is 22.5. The van der Waals surface area contributed by atoms with Crippen molar-refractivity contribution in [1.29, 1.82) is 0 Å². The second kappa shape index (κ2) is 9.84. The number of hydrogen-bond acceptors (Lipinski definition) is 7. The monoisotopic (exact) mass is 459 g/mol. The first-order valence-electron chi connectivity index (χ1n) is 9.39. The fraction of sp³-hybridized carbons (Fsp3) is 0.227. The summed E-state index contributed by atoms with van der Waals surface area (Å²) in [5.74, 6) is -0.392. The molecule has 1 unspecified atom stereocenters. The number of thiocarbonyl (C=S) groups is 1. The van der Waals surface area contributed by atoms with Gasteiger partial charge in [-0.05, 0) is 54.8 Å². The summed E-state index contributed by atoms with van der Waals surface area (Å²) in [6, 6.07) is 11.8. The number of aliphatic carboxylic acids is 1. The van der Waals surface area contributed by atoms with Gasteiger partial charge in [0, 0.05) is 6.54 Å². The summed E-state index contributed by atoms with van der Waals surface area (Å²) in [6.45, 7) is 1.87. The number of rotatable bonds is 8. The van der Waals surface area contributed by atoms with Gasteiger partial charge < -0.3 is 19.7 Å². The van der Waals surface area contributed by atoms with E-state index in [1.165, 1.54) is 25.8 Å². The van der Waals surface area contributed by atoms with E-state index in [1.54, 1.807) is 41.3 Å². The molecule has 1 heterocycles. The SMILES string of the molecule is COc1cc(/C=C2/SC(=S)N(CCc3ccc(O)cc3)C2=O)ccc1OC(C)C(=O)O. The fourth-order valence-electron chi connectivity index (χ4n) is 2.86. The second-order valence-electron chi connectivity index (χ2n) is 6.76. The first-order chi connectivity index (χ1) is 14.8. The molecule has 162 valence electrons. The predicted octanol–water partition coefficient (Wildman–Crippen LogP) is 3.70. The van der Waals surface area contributed by atoms with Crippen LogP contribution in [0.4, 0.5) is 0 Å². The van der Waals surface area contributed by atoms with Gasteiger partial charge in [-0.2, -0.15) is 0 Å². The van der Waals surface area contributed by atoms with Gasteiger partial charge in [-0.15, -0.1) is 0 Å². The Kier molecular flexibility index (Phi) is 7.19. The minimum atomic E-state index is -1.08. The van der Waals surface area contributed by atoms with Crippen LogP contribution in [0, 0.1) is 0 Å². The Labute approximate surface area is 189 Å². The number of carboxylic acids is 1. The zero-order valence-corrected chi connectivity index (χ0v) is 18.5. The van der Waals surface area contributed by atoms with Crippen LogP contribution in [0.5, 0.6) is 17.2 Å². The highest BCUT2D eigenvalue weighted by Gasteiger charge is 2.31. The van der Waals surface area contributed by atoms with Crippen molar-refractivity contribution in [2.24, 2.45) is 0 Å². The Hall–Kier alpha value is -3.04. The summed E-state index contributed by atoms with van der Waals surface area (Å²) in [5.41, 5.74) is 1.69. The first-order valence-corrected chi connectivity index (χ1v) is 10.6. The Morgan fingerprint density at radius 2 is 1.94 bits per heavy atom. The normalized spacial score (nSPS) is 15.9. The summed E-state index contributed by atoms with van der Waals surface area (Å²) >= 11 is 6.60. The van der Waals surface area contributed by atoms with Crippen LogP contribution in [0.3, 0.4) is 0 Å². The van der Waals surface area contributed by atoms with Gasteiger partial charge in [0.1, 0.15) is 10.1 Å². The van der Waals surface area contributed by atoms with Crippen molar-refractivity contribution in [3.05, 3.63) is 58.5 Å². The number of phenolic OH excluding ortho intramolecular Hbond substituents is 1. The molecular formula is C22H21NO6S2. The molecule has 2 aromatic rings. The van der Waals surface area contributed by atoms with Gasteiger partial charge in [0.15, 0.2) is 17.6 Å². The first kappa shape index (κ1) is 22.6. The van der Waals surface area contributed by atoms with Crippen LogP contribution in [0.15, 0.2) is 47.4 Å². The fourth-order valence-corrected chi connectivity index (χ4v) is 4.17. The molecule has 0 bridgehead atoms. The molecule has 1 aliphatic heterocycles. The van der Waals surface area contributed by atoms with E-state index in [4.69, 9.17) is 26.8 Å². The summed E-state index contributed by atoms with van der Waals surface area (Å²) in [5, 5.41) is 18.4. The van der Waals surface area contributed by atoms with Crippen molar-refractivity contribution in [2.45, 2.75) is 19.4 Å². The molecule has 9 heteroatoms. The molecule has 1 aliphatic rings. The lowest BCUT2D eigenvalue weighted by Crippen LogP contribution is -2.30. The van der Waals surface area contributed by atoms with Crippen LogP contribution >= 0.6 is 24.0 Å².